The molecule has 1 rings (SSSR count). The van der Waals surface area contributed by atoms with Crippen molar-refractivity contribution in [3.8, 4) is 0 Å². The van der Waals surface area contributed by atoms with Crippen LogP contribution in [0.15, 0.2) is 17.6 Å². The Morgan fingerprint density at radius 3 is 2.74 bits per heavy atom. The van der Waals surface area contributed by atoms with E-state index in [4.69, 9.17) is 5.11 Å². The van der Waals surface area contributed by atoms with Crippen LogP contribution in [-0.2, 0) is 24.3 Å². The van der Waals surface area contributed by atoms with Gasteiger partial charge in [-0.1, -0.05) is 0 Å². The number of hydrogen-bond donors (Lipinski definition) is 3. The minimum Gasteiger partial charge on any atom is -0.480 e. The number of sulfonamides is 1. The smallest absolute Gasteiger partial charge is 0.321 e. The lowest BCUT2D eigenvalue weighted by Gasteiger charge is -2.13. The van der Waals surface area contributed by atoms with Gasteiger partial charge in [0.05, 0.1) is 19.6 Å². The molecule has 0 aromatic carbocycles. The topological polar surface area (TPSA) is 138 Å². The maximum atomic E-state index is 11.8. The van der Waals surface area contributed by atoms with E-state index in [1.165, 1.54) is 0 Å². The van der Waals surface area contributed by atoms with Crippen LogP contribution in [0.1, 0.15) is 12.8 Å². The second kappa shape index (κ2) is 6.29. The van der Waals surface area contributed by atoms with Crippen molar-refractivity contribution in [1.82, 2.24) is 14.7 Å². The second-order valence-corrected chi connectivity index (χ2v) is 5.23. The summed E-state index contributed by atoms with van der Waals surface area (Å²) in [6.45, 7) is 0. The van der Waals surface area contributed by atoms with Crippen molar-refractivity contribution < 1.29 is 27.9 Å². The van der Waals surface area contributed by atoms with Gasteiger partial charge in [0.25, 0.3) is 10.0 Å². The molecule has 19 heavy (non-hydrogen) atoms. The SMILES string of the molecule is COC(=O)CCC(NS(=O)(=O)c1cnc[nH]1)C(=O)O. The zero-order chi connectivity index (χ0) is 14.5. The first-order valence-corrected chi connectivity index (χ1v) is 6.65. The van der Waals surface area contributed by atoms with E-state index in [0.717, 1.165) is 19.6 Å². The number of carboxylic acid groups (broad SMARTS) is 1. The van der Waals surface area contributed by atoms with Gasteiger partial charge in [-0.15, -0.1) is 0 Å². The van der Waals surface area contributed by atoms with Crippen LogP contribution in [0.25, 0.3) is 0 Å². The highest BCUT2D eigenvalue weighted by molar-refractivity contribution is 7.89. The van der Waals surface area contributed by atoms with Crippen LogP contribution in [0, 0.1) is 0 Å². The fraction of sp³-hybridized carbons (Fsp3) is 0.444. The van der Waals surface area contributed by atoms with Crippen LogP contribution in [0.5, 0.6) is 0 Å². The molecule has 0 saturated heterocycles. The van der Waals surface area contributed by atoms with Gasteiger partial charge in [-0.05, 0) is 6.42 Å². The zero-order valence-corrected chi connectivity index (χ0v) is 10.8. The lowest BCUT2D eigenvalue weighted by atomic mass is 10.2. The van der Waals surface area contributed by atoms with Gasteiger partial charge in [-0.2, -0.15) is 4.72 Å². The molecule has 3 N–H and O–H groups in total. The first kappa shape index (κ1) is 15.1. The van der Waals surface area contributed by atoms with Gasteiger partial charge in [0.15, 0.2) is 5.03 Å². The van der Waals surface area contributed by atoms with Crippen molar-refractivity contribution in [1.29, 1.82) is 0 Å². The van der Waals surface area contributed by atoms with Gasteiger partial charge in [-0.3, -0.25) is 9.59 Å². The Morgan fingerprint density at radius 2 is 2.26 bits per heavy atom. The van der Waals surface area contributed by atoms with E-state index >= 15 is 0 Å². The summed E-state index contributed by atoms with van der Waals surface area (Å²) in [4.78, 5) is 27.8. The highest BCUT2D eigenvalue weighted by Crippen LogP contribution is 2.07. The third-order valence-electron chi connectivity index (χ3n) is 2.22. The van der Waals surface area contributed by atoms with E-state index in [-0.39, 0.29) is 17.9 Å². The quantitative estimate of drug-likeness (QED) is 0.553. The minimum atomic E-state index is -4.02. The summed E-state index contributed by atoms with van der Waals surface area (Å²) < 4.78 is 29.8. The van der Waals surface area contributed by atoms with E-state index in [9.17, 15) is 18.0 Å². The van der Waals surface area contributed by atoms with Crippen molar-refractivity contribution in [2.75, 3.05) is 7.11 Å². The number of nitrogens with zero attached hydrogens (tertiary/aromatic N) is 1. The van der Waals surface area contributed by atoms with Crippen molar-refractivity contribution >= 4 is 22.0 Å². The number of H-pyrrole nitrogens is 1. The number of imidazole rings is 1. The number of carbonyl (C=O) groups is 2. The summed E-state index contributed by atoms with van der Waals surface area (Å²) in [7, 11) is -2.86. The van der Waals surface area contributed by atoms with Crippen LogP contribution in [0.3, 0.4) is 0 Å². The summed E-state index contributed by atoms with van der Waals surface area (Å²) in [5.74, 6) is -2.00. The number of aromatic nitrogens is 2. The largest absolute Gasteiger partial charge is 0.480 e. The lowest BCUT2D eigenvalue weighted by molar-refractivity contribution is -0.142. The summed E-state index contributed by atoms with van der Waals surface area (Å²) in [5, 5.41) is 8.66. The summed E-state index contributed by atoms with van der Waals surface area (Å²) in [6.07, 6.45) is 1.77. The van der Waals surface area contributed by atoms with E-state index in [1.807, 2.05) is 4.72 Å². The monoisotopic (exact) mass is 291 g/mol. The van der Waals surface area contributed by atoms with E-state index in [0.29, 0.717) is 0 Å². The van der Waals surface area contributed by atoms with E-state index in [2.05, 4.69) is 14.7 Å². The Kier molecular flexibility index (Phi) is 5.01. The maximum Gasteiger partial charge on any atom is 0.321 e. The predicted molar refractivity (Wildman–Crippen MR) is 61.6 cm³/mol. The van der Waals surface area contributed by atoms with Crippen molar-refractivity contribution in [3.63, 3.8) is 0 Å². The average Bonchev–Trinajstić information content (AvgIpc) is 2.88. The first-order valence-electron chi connectivity index (χ1n) is 5.17. The van der Waals surface area contributed by atoms with Gasteiger partial charge >= 0.3 is 11.9 Å². The zero-order valence-electron chi connectivity index (χ0n) is 9.99. The molecule has 106 valence electrons. The Labute approximate surface area is 109 Å². The number of nitrogens with one attached hydrogen (secondary N) is 2. The normalized spacial score (nSPS) is 12.9. The van der Waals surface area contributed by atoms with E-state index in [1.54, 1.807) is 0 Å². The number of esters is 1. The lowest BCUT2D eigenvalue weighted by Crippen LogP contribution is -2.41. The number of aromatic amines is 1. The molecule has 0 aliphatic rings. The molecule has 1 unspecified atom stereocenters. The molecule has 0 amide bonds. The van der Waals surface area contributed by atoms with Gasteiger partial charge in [0, 0.05) is 6.42 Å². The molecule has 0 radical (unpaired) electrons. The Morgan fingerprint density at radius 1 is 1.58 bits per heavy atom. The van der Waals surface area contributed by atoms with Crippen molar-refractivity contribution in [2.45, 2.75) is 23.9 Å². The highest BCUT2D eigenvalue weighted by Gasteiger charge is 2.26. The number of ether oxygens (including phenoxy) is 1. The molecule has 1 heterocycles. The molecular weight excluding hydrogens is 278 g/mol. The molecule has 9 nitrogen and oxygen atoms in total. The molecule has 0 bridgehead atoms. The molecule has 0 aliphatic heterocycles. The van der Waals surface area contributed by atoms with Crippen LogP contribution in [0.4, 0.5) is 0 Å². The average molecular weight is 291 g/mol. The highest BCUT2D eigenvalue weighted by atomic mass is 32.2. The molecular formula is C9H13N3O6S. The van der Waals surface area contributed by atoms with E-state index < -0.39 is 28.0 Å². The van der Waals surface area contributed by atoms with Crippen LogP contribution < -0.4 is 4.72 Å². The third-order valence-corrected chi connectivity index (χ3v) is 3.62. The minimum absolute atomic E-state index is 0.209. The maximum absolute atomic E-state index is 11.8. The number of carbonyl (C=O) groups excluding carboxylic acids is 1. The first-order chi connectivity index (χ1) is 8.86. The van der Waals surface area contributed by atoms with Gasteiger partial charge in [0.1, 0.15) is 6.04 Å². The summed E-state index contributed by atoms with van der Waals surface area (Å²) >= 11 is 0. The van der Waals surface area contributed by atoms with Gasteiger partial charge in [-0.25, -0.2) is 13.4 Å². The number of methoxy groups -OCH3 is 1. The fourth-order valence-electron chi connectivity index (χ4n) is 1.24. The molecule has 1 aromatic rings. The Hall–Kier alpha value is -1.94. The number of carboxylic acids is 1. The second-order valence-electron chi connectivity index (χ2n) is 3.54. The molecule has 0 spiro atoms. The molecule has 0 fully saturated rings. The van der Waals surface area contributed by atoms with Crippen LogP contribution in [-0.4, -0.2) is 48.6 Å². The fourth-order valence-corrected chi connectivity index (χ4v) is 2.37. The molecule has 1 aromatic heterocycles. The van der Waals surface area contributed by atoms with Gasteiger partial charge < -0.3 is 14.8 Å². The molecule has 0 aliphatic carbocycles. The number of rotatable bonds is 7. The van der Waals surface area contributed by atoms with Gasteiger partial charge in [0.2, 0.25) is 0 Å². The van der Waals surface area contributed by atoms with Crippen LogP contribution >= 0.6 is 0 Å². The Balaban J connectivity index is 2.74. The number of aliphatic carboxylic acids is 1. The Bertz CT molecular complexity index is 538. The number of hydrogen-bond acceptors (Lipinski definition) is 6. The van der Waals surface area contributed by atoms with Crippen molar-refractivity contribution in [3.05, 3.63) is 12.5 Å². The third kappa shape index (κ3) is 4.34. The predicted octanol–water partition coefficient (Wildman–Crippen LogP) is -0.906. The van der Waals surface area contributed by atoms with Crippen molar-refractivity contribution in [2.24, 2.45) is 0 Å². The summed E-state index contributed by atoms with van der Waals surface area (Å²) in [5.41, 5.74) is 0. The summed E-state index contributed by atoms with van der Waals surface area (Å²) in [6, 6.07) is -1.42. The molecule has 10 heteroatoms. The van der Waals surface area contributed by atoms with Crippen LogP contribution in [0.2, 0.25) is 0 Å². The molecule has 1 atom stereocenters. The standard InChI is InChI=1S/C9H13N3O6S/c1-18-8(13)3-2-6(9(14)15)12-19(16,17)7-4-10-5-11-7/h4-6,12H,2-3H2,1H3,(H,10,11)(H,14,15). The molecule has 0 saturated carbocycles.